The second-order valence-electron chi connectivity index (χ2n) is 6.16. The first kappa shape index (κ1) is 20.8. The van der Waals surface area contributed by atoms with Gasteiger partial charge < -0.3 is 15.0 Å². The summed E-state index contributed by atoms with van der Waals surface area (Å²) in [6.07, 6.45) is -0.420. The van der Waals surface area contributed by atoms with Gasteiger partial charge in [0.1, 0.15) is 12.4 Å². The summed E-state index contributed by atoms with van der Waals surface area (Å²) in [7, 11) is 3.33. The SMILES string of the molecule is CN(C)C(=O)C[C@H](CSc1ccc(F)cc1)NC(=O)OCc1ccccc1. The normalized spacial score (nSPS) is 11.5. The molecule has 7 heteroatoms. The fourth-order valence-electron chi connectivity index (χ4n) is 2.20. The van der Waals surface area contributed by atoms with Crippen LogP contribution in [0.1, 0.15) is 12.0 Å². The number of amides is 2. The Balaban J connectivity index is 1.90. The first-order valence-corrected chi connectivity index (χ1v) is 9.48. The van der Waals surface area contributed by atoms with E-state index in [9.17, 15) is 14.0 Å². The van der Waals surface area contributed by atoms with E-state index in [-0.39, 0.29) is 24.8 Å². The van der Waals surface area contributed by atoms with Crippen molar-refractivity contribution < 1.29 is 18.7 Å². The van der Waals surface area contributed by atoms with Crippen molar-refractivity contribution >= 4 is 23.8 Å². The topological polar surface area (TPSA) is 58.6 Å². The van der Waals surface area contributed by atoms with Gasteiger partial charge in [0, 0.05) is 31.2 Å². The third-order valence-corrected chi connectivity index (χ3v) is 4.89. The number of carbonyl (C=O) groups is 2. The highest BCUT2D eigenvalue weighted by atomic mass is 32.2. The lowest BCUT2D eigenvalue weighted by molar-refractivity contribution is -0.129. The standard InChI is InChI=1S/C20H23FN2O3S/c1-23(2)19(24)12-17(14-27-18-10-8-16(21)9-11-18)22-20(25)26-13-15-6-4-3-5-7-15/h3-11,17H,12-14H2,1-2H3,(H,22,25)/t17-/m1/s1. The summed E-state index contributed by atoms with van der Waals surface area (Å²) in [4.78, 5) is 26.5. The van der Waals surface area contributed by atoms with Crippen molar-refractivity contribution in [2.45, 2.75) is 24.0 Å². The molecule has 2 amide bonds. The van der Waals surface area contributed by atoms with Crippen molar-refractivity contribution in [3.05, 3.63) is 66.0 Å². The number of rotatable bonds is 8. The highest BCUT2D eigenvalue weighted by molar-refractivity contribution is 7.99. The van der Waals surface area contributed by atoms with Crippen LogP contribution in [0.3, 0.4) is 0 Å². The van der Waals surface area contributed by atoms with E-state index >= 15 is 0 Å². The Hall–Kier alpha value is -2.54. The van der Waals surface area contributed by atoms with Crippen LogP contribution < -0.4 is 5.32 Å². The summed E-state index contributed by atoms with van der Waals surface area (Å²) >= 11 is 1.44. The lowest BCUT2D eigenvalue weighted by Crippen LogP contribution is -2.40. The maximum absolute atomic E-state index is 13.0. The van der Waals surface area contributed by atoms with Crippen molar-refractivity contribution in [2.24, 2.45) is 0 Å². The molecule has 0 radical (unpaired) electrons. The number of nitrogens with zero attached hydrogens (tertiary/aromatic N) is 1. The first-order chi connectivity index (χ1) is 12.9. The third-order valence-electron chi connectivity index (χ3n) is 3.72. The molecule has 0 aliphatic rings. The van der Waals surface area contributed by atoms with Gasteiger partial charge in [0.25, 0.3) is 0 Å². The number of halogens is 1. The quantitative estimate of drug-likeness (QED) is 0.699. The zero-order valence-electron chi connectivity index (χ0n) is 15.4. The van der Waals surface area contributed by atoms with Crippen LogP contribution in [0.25, 0.3) is 0 Å². The van der Waals surface area contributed by atoms with Crippen LogP contribution in [0.15, 0.2) is 59.5 Å². The van der Waals surface area contributed by atoms with Gasteiger partial charge in [0.15, 0.2) is 0 Å². The molecule has 27 heavy (non-hydrogen) atoms. The van der Waals surface area contributed by atoms with E-state index in [1.54, 1.807) is 26.2 Å². The van der Waals surface area contributed by atoms with Crippen LogP contribution >= 0.6 is 11.8 Å². The summed E-state index contributed by atoms with van der Waals surface area (Å²) in [6.45, 7) is 0.159. The van der Waals surface area contributed by atoms with Gasteiger partial charge in [-0.3, -0.25) is 4.79 Å². The molecule has 2 aromatic rings. The zero-order valence-corrected chi connectivity index (χ0v) is 16.2. The van der Waals surface area contributed by atoms with Gasteiger partial charge >= 0.3 is 6.09 Å². The van der Waals surface area contributed by atoms with Crippen molar-refractivity contribution in [1.29, 1.82) is 0 Å². The fourth-order valence-corrected chi connectivity index (χ4v) is 3.13. The van der Waals surface area contributed by atoms with Gasteiger partial charge in [-0.15, -0.1) is 11.8 Å². The molecule has 0 fully saturated rings. The summed E-state index contributed by atoms with van der Waals surface area (Å²) in [5, 5.41) is 2.75. The average molecular weight is 390 g/mol. The molecule has 0 bridgehead atoms. The van der Waals surface area contributed by atoms with Crippen LogP contribution in [0.4, 0.5) is 9.18 Å². The molecule has 2 rings (SSSR count). The molecule has 0 aliphatic heterocycles. The summed E-state index contributed by atoms with van der Waals surface area (Å²) in [6, 6.07) is 15.0. The minimum absolute atomic E-state index is 0.0944. The molecule has 0 saturated carbocycles. The number of hydrogen-bond acceptors (Lipinski definition) is 4. The number of thioether (sulfide) groups is 1. The molecule has 0 saturated heterocycles. The van der Waals surface area contributed by atoms with Gasteiger partial charge in [-0.25, -0.2) is 9.18 Å². The number of carbonyl (C=O) groups excluding carboxylic acids is 2. The molecule has 1 atom stereocenters. The van der Waals surface area contributed by atoms with E-state index in [1.165, 1.54) is 28.8 Å². The molecule has 0 spiro atoms. The Labute approximate surface area is 162 Å². The minimum Gasteiger partial charge on any atom is -0.445 e. The smallest absolute Gasteiger partial charge is 0.407 e. The fraction of sp³-hybridized carbons (Fsp3) is 0.300. The van der Waals surface area contributed by atoms with Gasteiger partial charge in [-0.2, -0.15) is 0 Å². The monoisotopic (exact) mass is 390 g/mol. The predicted molar refractivity (Wildman–Crippen MR) is 104 cm³/mol. The molecule has 144 valence electrons. The summed E-state index contributed by atoms with van der Waals surface area (Å²) in [5.74, 6) is 0.0652. The van der Waals surface area contributed by atoms with E-state index in [0.29, 0.717) is 5.75 Å². The van der Waals surface area contributed by atoms with Crippen molar-refractivity contribution in [1.82, 2.24) is 10.2 Å². The highest BCUT2D eigenvalue weighted by Gasteiger charge is 2.19. The van der Waals surface area contributed by atoms with Gasteiger partial charge in [0.05, 0.1) is 6.04 Å². The molecule has 1 N–H and O–H groups in total. The molecule has 0 aromatic heterocycles. The van der Waals surface area contributed by atoms with Crippen LogP contribution in [0.2, 0.25) is 0 Å². The van der Waals surface area contributed by atoms with E-state index in [4.69, 9.17) is 4.74 Å². The van der Waals surface area contributed by atoms with Crippen LogP contribution in [0.5, 0.6) is 0 Å². The molecule has 0 aliphatic carbocycles. The molecule has 5 nitrogen and oxygen atoms in total. The van der Waals surface area contributed by atoms with E-state index < -0.39 is 12.1 Å². The lowest BCUT2D eigenvalue weighted by atomic mass is 10.2. The Morgan fingerprint density at radius 1 is 1.11 bits per heavy atom. The Kier molecular flexibility index (Phi) is 8.13. The van der Waals surface area contributed by atoms with E-state index in [0.717, 1.165) is 10.5 Å². The van der Waals surface area contributed by atoms with Crippen LogP contribution in [0, 0.1) is 5.82 Å². The maximum Gasteiger partial charge on any atom is 0.407 e. The van der Waals surface area contributed by atoms with Crippen LogP contribution in [-0.2, 0) is 16.1 Å². The predicted octanol–water partition coefficient (Wildman–Crippen LogP) is 3.69. The van der Waals surface area contributed by atoms with Crippen LogP contribution in [-0.4, -0.2) is 42.8 Å². The average Bonchev–Trinajstić information content (AvgIpc) is 2.66. The van der Waals surface area contributed by atoms with Crippen molar-refractivity contribution in [2.75, 3.05) is 19.8 Å². The molecule has 0 unspecified atom stereocenters. The molecule has 0 heterocycles. The first-order valence-electron chi connectivity index (χ1n) is 8.50. The Bertz CT molecular complexity index is 739. The van der Waals surface area contributed by atoms with E-state index in [1.807, 2.05) is 30.3 Å². The molecular formula is C20H23FN2O3S. The third kappa shape index (κ3) is 7.70. The lowest BCUT2D eigenvalue weighted by Gasteiger charge is -2.20. The number of nitrogens with one attached hydrogen (secondary N) is 1. The van der Waals surface area contributed by atoms with Gasteiger partial charge in [-0.1, -0.05) is 30.3 Å². The van der Waals surface area contributed by atoms with Gasteiger partial charge in [0.2, 0.25) is 5.91 Å². The van der Waals surface area contributed by atoms with Gasteiger partial charge in [-0.05, 0) is 29.8 Å². The number of hydrogen-bond donors (Lipinski definition) is 1. The molecular weight excluding hydrogens is 367 g/mol. The van der Waals surface area contributed by atoms with Crippen molar-refractivity contribution in [3.63, 3.8) is 0 Å². The minimum atomic E-state index is -0.574. The van der Waals surface area contributed by atoms with E-state index in [2.05, 4.69) is 5.32 Å². The number of ether oxygens (including phenoxy) is 1. The Morgan fingerprint density at radius 3 is 2.41 bits per heavy atom. The second-order valence-corrected chi connectivity index (χ2v) is 7.25. The summed E-state index contributed by atoms with van der Waals surface area (Å²) in [5.41, 5.74) is 0.884. The number of alkyl carbamates (subject to hydrolysis) is 1. The zero-order chi connectivity index (χ0) is 19.6. The highest BCUT2D eigenvalue weighted by Crippen LogP contribution is 2.20. The maximum atomic E-state index is 13.0. The second kappa shape index (κ2) is 10.6. The summed E-state index contributed by atoms with van der Waals surface area (Å²) < 4.78 is 18.2. The molecule has 2 aromatic carbocycles. The van der Waals surface area contributed by atoms with Crippen molar-refractivity contribution in [3.8, 4) is 0 Å². The number of benzene rings is 2. The largest absolute Gasteiger partial charge is 0.445 e. The Morgan fingerprint density at radius 2 is 1.78 bits per heavy atom.